The van der Waals surface area contributed by atoms with Gasteiger partial charge in [-0.25, -0.2) is 9.37 Å². The van der Waals surface area contributed by atoms with Crippen molar-refractivity contribution in [3.8, 4) is 0 Å². The highest BCUT2D eigenvalue weighted by Gasteiger charge is 2.20. The van der Waals surface area contributed by atoms with Gasteiger partial charge in [0.15, 0.2) is 5.13 Å². The summed E-state index contributed by atoms with van der Waals surface area (Å²) >= 11 is 1.44. The number of carbonyl (C=O) groups excluding carboxylic acids is 1. The van der Waals surface area contributed by atoms with E-state index in [0.29, 0.717) is 24.6 Å². The maximum absolute atomic E-state index is 12.9. The van der Waals surface area contributed by atoms with Crippen molar-refractivity contribution >= 4 is 22.4 Å². The van der Waals surface area contributed by atoms with E-state index >= 15 is 0 Å². The number of hydrogen-bond acceptors (Lipinski definition) is 5. The topological polar surface area (TPSA) is 54.5 Å². The van der Waals surface area contributed by atoms with E-state index in [4.69, 9.17) is 4.74 Å². The second-order valence-electron chi connectivity index (χ2n) is 6.00. The Labute approximate surface area is 150 Å². The van der Waals surface area contributed by atoms with Crippen molar-refractivity contribution in [2.45, 2.75) is 19.8 Å². The van der Waals surface area contributed by atoms with Gasteiger partial charge >= 0.3 is 0 Å². The van der Waals surface area contributed by atoms with Gasteiger partial charge < -0.3 is 15.0 Å². The lowest BCUT2D eigenvalue weighted by Crippen LogP contribution is -2.36. The van der Waals surface area contributed by atoms with E-state index in [1.165, 1.54) is 23.5 Å². The molecule has 2 aromatic rings. The average Bonchev–Trinajstić information content (AvgIpc) is 3.03. The number of nitrogens with one attached hydrogen (secondary N) is 1. The van der Waals surface area contributed by atoms with E-state index in [2.05, 4.69) is 15.2 Å². The zero-order valence-electron chi connectivity index (χ0n) is 14.3. The quantitative estimate of drug-likeness (QED) is 0.802. The predicted octanol–water partition coefficient (Wildman–Crippen LogP) is 2.79. The number of carbonyl (C=O) groups is 1. The minimum atomic E-state index is -0.228. The molecule has 0 aliphatic carbocycles. The van der Waals surface area contributed by atoms with Gasteiger partial charge in [-0.2, -0.15) is 0 Å². The monoisotopic (exact) mass is 363 g/mol. The van der Waals surface area contributed by atoms with E-state index in [1.54, 1.807) is 12.1 Å². The van der Waals surface area contributed by atoms with Crippen LogP contribution in [-0.4, -0.2) is 43.7 Å². The van der Waals surface area contributed by atoms with Gasteiger partial charge in [-0.1, -0.05) is 23.5 Å². The lowest BCUT2D eigenvalue weighted by atomic mass is 10.1. The summed E-state index contributed by atoms with van der Waals surface area (Å²) in [4.78, 5) is 19.7. The number of amides is 1. The molecule has 1 amide bonds. The van der Waals surface area contributed by atoms with Crippen molar-refractivity contribution in [2.24, 2.45) is 0 Å². The third kappa shape index (κ3) is 4.76. The molecule has 0 atom stereocenters. The number of benzene rings is 1. The highest BCUT2D eigenvalue weighted by atomic mass is 32.1. The molecule has 0 spiro atoms. The van der Waals surface area contributed by atoms with Gasteiger partial charge in [-0.05, 0) is 37.5 Å². The van der Waals surface area contributed by atoms with Crippen molar-refractivity contribution in [1.82, 2.24) is 10.3 Å². The third-order valence-corrected chi connectivity index (χ3v) is 5.33. The van der Waals surface area contributed by atoms with Crippen LogP contribution in [0.1, 0.15) is 27.3 Å². The maximum Gasteiger partial charge on any atom is 0.263 e. The van der Waals surface area contributed by atoms with Crippen LogP contribution in [0.4, 0.5) is 9.52 Å². The number of morpholine rings is 1. The van der Waals surface area contributed by atoms with E-state index in [-0.39, 0.29) is 11.7 Å². The van der Waals surface area contributed by atoms with Crippen LogP contribution in [0.15, 0.2) is 24.3 Å². The highest BCUT2D eigenvalue weighted by Crippen LogP contribution is 2.26. The molecule has 1 aromatic carbocycles. The fourth-order valence-corrected chi connectivity index (χ4v) is 3.74. The fourth-order valence-electron chi connectivity index (χ4n) is 2.71. The van der Waals surface area contributed by atoms with Gasteiger partial charge in [-0.15, -0.1) is 0 Å². The van der Waals surface area contributed by atoms with Crippen LogP contribution in [0.3, 0.4) is 0 Å². The van der Waals surface area contributed by atoms with Crippen molar-refractivity contribution in [3.63, 3.8) is 0 Å². The molecule has 25 heavy (non-hydrogen) atoms. The Kier molecular flexibility index (Phi) is 5.99. The lowest BCUT2D eigenvalue weighted by Gasteiger charge is -2.25. The van der Waals surface area contributed by atoms with Crippen molar-refractivity contribution in [1.29, 1.82) is 0 Å². The molecule has 0 radical (unpaired) electrons. The summed E-state index contributed by atoms with van der Waals surface area (Å²) in [6, 6.07) is 6.47. The molecule has 2 heterocycles. The molecule has 0 bridgehead atoms. The van der Waals surface area contributed by atoms with Gasteiger partial charge in [0.05, 0.1) is 18.9 Å². The third-order valence-electron chi connectivity index (χ3n) is 4.11. The smallest absolute Gasteiger partial charge is 0.263 e. The standard InChI is InChI=1S/C18H22FN3O2S/c1-13-16(25-18(21-13)22-9-11-24-12-10-22)17(23)20-8-2-3-14-4-6-15(19)7-5-14/h4-7H,2-3,8-12H2,1H3,(H,20,23). The molecule has 134 valence electrons. The van der Waals surface area contributed by atoms with Gasteiger partial charge in [0.2, 0.25) is 0 Å². The predicted molar refractivity (Wildman–Crippen MR) is 96.9 cm³/mol. The van der Waals surface area contributed by atoms with Crippen LogP contribution in [0.25, 0.3) is 0 Å². The van der Waals surface area contributed by atoms with Crippen molar-refractivity contribution < 1.29 is 13.9 Å². The second-order valence-corrected chi connectivity index (χ2v) is 6.97. The largest absolute Gasteiger partial charge is 0.378 e. The number of hydrogen-bond donors (Lipinski definition) is 1. The van der Waals surface area contributed by atoms with Crippen molar-refractivity contribution in [3.05, 3.63) is 46.2 Å². The second kappa shape index (κ2) is 8.40. The number of aromatic nitrogens is 1. The molecular weight excluding hydrogens is 341 g/mol. The molecular formula is C18H22FN3O2S. The summed E-state index contributed by atoms with van der Waals surface area (Å²) in [7, 11) is 0. The van der Waals surface area contributed by atoms with Crippen LogP contribution in [0.2, 0.25) is 0 Å². The summed E-state index contributed by atoms with van der Waals surface area (Å²) < 4.78 is 18.2. The van der Waals surface area contributed by atoms with E-state index in [9.17, 15) is 9.18 Å². The normalized spacial score (nSPS) is 14.6. The number of anilines is 1. The first kappa shape index (κ1) is 17.8. The molecule has 1 saturated heterocycles. The molecule has 1 aliphatic heterocycles. The van der Waals surface area contributed by atoms with Crippen LogP contribution in [0.5, 0.6) is 0 Å². The molecule has 1 N–H and O–H groups in total. The molecule has 7 heteroatoms. The fraction of sp³-hybridized carbons (Fsp3) is 0.444. The van der Waals surface area contributed by atoms with E-state index < -0.39 is 0 Å². The molecule has 1 aromatic heterocycles. The molecule has 0 saturated carbocycles. The van der Waals surface area contributed by atoms with Gasteiger partial charge in [0.1, 0.15) is 10.7 Å². The zero-order chi connectivity index (χ0) is 17.6. The maximum atomic E-state index is 12.9. The molecule has 3 rings (SSSR count). The Morgan fingerprint density at radius 2 is 2.04 bits per heavy atom. The summed E-state index contributed by atoms with van der Waals surface area (Å²) in [6.45, 7) is 5.47. The van der Waals surface area contributed by atoms with Gasteiger partial charge in [-0.3, -0.25) is 4.79 Å². The van der Waals surface area contributed by atoms with Crippen LogP contribution in [-0.2, 0) is 11.2 Å². The number of rotatable bonds is 6. The molecule has 1 fully saturated rings. The average molecular weight is 363 g/mol. The number of ether oxygens (including phenoxy) is 1. The number of halogens is 1. The lowest BCUT2D eigenvalue weighted by molar-refractivity contribution is 0.0956. The Morgan fingerprint density at radius 1 is 1.32 bits per heavy atom. The number of aryl methyl sites for hydroxylation is 2. The first-order valence-electron chi connectivity index (χ1n) is 8.46. The molecule has 1 aliphatic rings. The Morgan fingerprint density at radius 3 is 2.76 bits per heavy atom. The summed E-state index contributed by atoms with van der Waals surface area (Å²) in [5.41, 5.74) is 1.83. The number of nitrogens with zero attached hydrogens (tertiary/aromatic N) is 2. The van der Waals surface area contributed by atoms with E-state index in [1.807, 2.05) is 6.92 Å². The summed E-state index contributed by atoms with van der Waals surface area (Å²) in [6.07, 6.45) is 1.62. The minimum absolute atomic E-state index is 0.0754. The summed E-state index contributed by atoms with van der Waals surface area (Å²) in [5.74, 6) is -0.303. The Balaban J connectivity index is 1.49. The first-order valence-corrected chi connectivity index (χ1v) is 9.28. The Bertz CT molecular complexity index is 712. The van der Waals surface area contributed by atoms with E-state index in [0.717, 1.165) is 42.3 Å². The zero-order valence-corrected chi connectivity index (χ0v) is 15.1. The highest BCUT2D eigenvalue weighted by molar-refractivity contribution is 7.17. The van der Waals surface area contributed by atoms with Gasteiger partial charge in [0.25, 0.3) is 5.91 Å². The summed E-state index contributed by atoms with van der Waals surface area (Å²) in [5, 5.41) is 3.84. The molecule has 5 nitrogen and oxygen atoms in total. The van der Waals surface area contributed by atoms with Crippen molar-refractivity contribution in [2.75, 3.05) is 37.7 Å². The van der Waals surface area contributed by atoms with Crippen LogP contribution in [0, 0.1) is 12.7 Å². The van der Waals surface area contributed by atoms with Gasteiger partial charge in [0, 0.05) is 19.6 Å². The minimum Gasteiger partial charge on any atom is -0.378 e. The first-order chi connectivity index (χ1) is 12.1. The number of thiazole rings is 1. The molecule has 0 unspecified atom stereocenters. The van der Waals surface area contributed by atoms with Crippen LogP contribution < -0.4 is 10.2 Å². The SMILES string of the molecule is Cc1nc(N2CCOCC2)sc1C(=O)NCCCc1ccc(F)cc1. The van der Waals surface area contributed by atoms with Crippen LogP contribution >= 0.6 is 11.3 Å². The Hall–Kier alpha value is -1.99.